The molecule has 2 saturated carbocycles. The quantitative estimate of drug-likeness (QED) is 0.429. The smallest absolute Gasteiger partial charge is 0.338 e. The van der Waals surface area contributed by atoms with Crippen molar-refractivity contribution in [2.24, 2.45) is 22.7 Å². The summed E-state index contributed by atoms with van der Waals surface area (Å²) in [5.74, 6) is 0.553. The summed E-state index contributed by atoms with van der Waals surface area (Å²) < 4.78 is 6.16. The Morgan fingerprint density at radius 1 is 1.21 bits per heavy atom. The average Bonchev–Trinajstić information content (AvgIpc) is 3.28. The molecule has 4 rings (SSSR count). The van der Waals surface area contributed by atoms with E-state index in [0.717, 1.165) is 26.1 Å². The summed E-state index contributed by atoms with van der Waals surface area (Å²) in [6, 6.07) is 5.72. The molecule has 1 heterocycles. The van der Waals surface area contributed by atoms with Gasteiger partial charge in [0.25, 0.3) is 5.69 Å². The number of nitro groups is 1. The lowest BCUT2D eigenvalue weighted by Crippen LogP contribution is -2.44. The minimum atomic E-state index is -0.458. The minimum absolute atomic E-state index is 0.0171. The Balaban J connectivity index is 1.56. The highest BCUT2D eigenvalue weighted by Crippen LogP contribution is 2.68. The maximum Gasteiger partial charge on any atom is 0.338 e. The lowest BCUT2D eigenvalue weighted by atomic mass is 9.70. The Morgan fingerprint density at radius 3 is 2.46 bits per heavy atom. The lowest BCUT2D eigenvalue weighted by Gasteiger charge is -2.40. The van der Waals surface area contributed by atoms with E-state index in [1.54, 1.807) is 0 Å². The molecule has 4 unspecified atom stereocenters. The van der Waals surface area contributed by atoms with Gasteiger partial charge in [0.1, 0.15) is 6.10 Å². The highest BCUT2D eigenvalue weighted by atomic mass is 16.6. The van der Waals surface area contributed by atoms with Crippen LogP contribution in [0.3, 0.4) is 0 Å². The van der Waals surface area contributed by atoms with E-state index < -0.39 is 4.92 Å². The molecule has 1 aromatic rings. The molecule has 4 atom stereocenters. The molecule has 1 saturated heterocycles. The molecule has 0 aromatic heterocycles. The summed E-state index contributed by atoms with van der Waals surface area (Å²) in [6.45, 7) is 10.2. The number of hydrogen-bond donors (Lipinski definition) is 0. The third-order valence-electron chi connectivity index (χ3n) is 8.12. The number of likely N-dealkylation sites (tertiary alicyclic amines) is 1. The molecule has 6 heteroatoms. The first-order valence-corrected chi connectivity index (χ1v) is 10.4. The van der Waals surface area contributed by atoms with E-state index >= 15 is 0 Å². The van der Waals surface area contributed by atoms with Gasteiger partial charge in [0, 0.05) is 30.0 Å². The molecule has 152 valence electrons. The number of hydrogen-bond acceptors (Lipinski definition) is 5. The lowest BCUT2D eigenvalue weighted by molar-refractivity contribution is -0.384. The summed E-state index contributed by atoms with van der Waals surface area (Å²) in [4.78, 5) is 25.8. The van der Waals surface area contributed by atoms with Gasteiger partial charge in [-0.2, -0.15) is 0 Å². The Bertz CT molecular complexity index is 769. The normalized spacial score (nSPS) is 33.9. The van der Waals surface area contributed by atoms with Crippen molar-refractivity contribution < 1.29 is 14.5 Å². The Labute approximate surface area is 166 Å². The first-order valence-electron chi connectivity index (χ1n) is 10.4. The van der Waals surface area contributed by atoms with Gasteiger partial charge in [-0.25, -0.2) is 4.79 Å². The van der Waals surface area contributed by atoms with Gasteiger partial charge in [0.2, 0.25) is 0 Å². The number of non-ortho nitro benzene ring substituents is 1. The number of benzene rings is 1. The van der Waals surface area contributed by atoms with Gasteiger partial charge in [-0.15, -0.1) is 0 Å². The van der Waals surface area contributed by atoms with Crippen LogP contribution < -0.4 is 0 Å². The van der Waals surface area contributed by atoms with Gasteiger partial charge >= 0.3 is 5.97 Å². The van der Waals surface area contributed by atoms with Gasteiger partial charge in [-0.05, 0) is 62.2 Å². The van der Waals surface area contributed by atoms with Crippen molar-refractivity contribution in [2.75, 3.05) is 19.6 Å². The number of carbonyl (C=O) groups is 1. The maximum absolute atomic E-state index is 12.9. The topological polar surface area (TPSA) is 72.7 Å². The summed E-state index contributed by atoms with van der Waals surface area (Å²) in [6.07, 6.45) is 4.69. The zero-order valence-electron chi connectivity index (χ0n) is 17.0. The molecule has 6 nitrogen and oxygen atoms in total. The molecule has 2 aliphatic carbocycles. The van der Waals surface area contributed by atoms with Crippen LogP contribution >= 0.6 is 0 Å². The molecule has 2 bridgehead atoms. The van der Waals surface area contributed by atoms with Crippen LogP contribution in [0.5, 0.6) is 0 Å². The molecule has 0 spiro atoms. The molecule has 3 fully saturated rings. The molecular weight excluding hydrogens is 356 g/mol. The van der Waals surface area contributed by atoms with Crippen LogP contribution in [0.25, 0.3) is 0 Å². The maximum atomic E-state index is 12.9. The van der Waals surface area contributed by atoms with Crippen molar-refractivity contribution in [1.29, 1.82) is 0 Å². The van der Waals surface area contributed by atoms with Crippen LogP contribution in [0, 0.1) is 32.8 Å². The zero-order valence-corrected chi connectivity index (χ0v) is 17.0. The van der Waals surface area contributed by atoms with Crippen LogP contribution in [0.2, 0.25) is 0 Å². The first-order chi connectivity index (χ1) is 13.2. The van der Waals surface area contributed by atoms with Gasteiger partial charge in [0.15, 0.2) is 0 Å². The molecule has 1 aliphatic heterocycles. The fourth-order valence-corrected chi connectivity index (χ4v) is 6.11. The fraction of sp³-hybridized carbons (Fsp3) is 0.682. The SMILES string of the molecule is CC1(C)C2CCC1(C)C(OC(=O)c1ccc([N+](=O)[O-])cc1)C2CN1CCCC1. The summed E-state index contributed by atoms with van der Waals surface area (Å²) in [5, 5.41) is 10.9. The van der Waals surface area contributed by atoms with Gasteiger partial charge in [-0.1, -0.05) is 20.8 Å². The van der Waals surface area contributed by atoms with E-state index in [1.165, 1.54) is 43.5 Å². The van der Waals surface area contributed by atoms with Crippen LogP contribution in [0.1, 0.15) is 56.8 Å². The van der Waals surface area contributed by atoms with Crippen molar-refractivity contribution >= 4 is 11.7 Å². The van der Waals surface area contributed by atoms with E-state index in [0.29, 0.717) is 17.4 Å². The third kappa shape index (κ3) is 2.93. The van der Waals surface area contributed by atoms with Gasteiger partial charge in [0.05, 0.1) is 10.5 Å². The number of carbonyl (C=O) groups excluding carboxylic acids is 1. The van der Waals surface area contributed by atoms with E-state index in [-0.39, 0.29) is 28.6 Å². The number of ether oxygens (including phenoxy) is 1. The molecule has 3 aliphatic rings. The summed E-state index contributed by atoms with van der Waals surface area (Å²) in [5.41, 5.74) is 0.474. The molecule has 28 heavy (non-hydrogen) atoms. The second-order valence-corrected chi connectivity index (χ2v) is 9.59. The second-order valence-electron chi connectivity index (χ2n) is 9.59. The third-order valence-corrected chi connectivity index (χ3v) is 8.12. The van der Waals surface area contributed by atoms with E-state index in [9.17, 15) is 14.9 Å². The number of nitro benzene ring substituents is 1. The number of nitrogens with zero attached hydrogens (tertiary/aromatic N) is 2. The second kappa shape index (κ2) is 6.83. The Morgan fingerprint density at radius 2 is 1.86 bits per heavy atom. The molecule has 0 radical (unpaired) electrons. The zero-order chi connectivity index (χ0) is 20.1. The standard InChI is InChI=1S/C22H30N2O4/c1-21(2)18-10-11-22(21,3)19(17(18)14-23-12-4-5-13-23)28-20(25)15-6-8-16(9-7-15)24(26)27/h6-9,17-19H,4-5,10-14H2,1-3H3. The highest BCUT2D eigenvalue weighted by molar-refractivity contribution is 5.89. The molecule has 1 aromatic carbocycles. The van der Waals surface area contributed by atoms with Crippen molar-refractivity contribution in [3.05, 3.63) is 39.9 Å². The largest absolute Gasteiger partial charge is 0.458 e. The predicted molar refractivity (Wildman–Crippen MR) is 106 cm³/mol. The van der Waals surface area contributed by atoms with Crippen LogP contribution in [0.4, 0.5) is 5.69 Å². The average molecular weight is 386 g/mol. The first kappa shape index (κ1) is 19.4. The highest BCUT2D eigenvalue weighted by Gasteiger charge is 2.67. The number of rotatable bonds is 5. The predicted octanol–water partition coefficient (Wildman–Crippen LogP) is 4.29. The van der Waals surface area contributed by atoms with Crippen molar-refractivity contribution in [1.82, 2.24) is 4.90 Å². The molecule has 0 N–H and O–H groups in total. The van der Waals surface area contributed by atoms with Crippen molar-refractivity contribution in [3.8, 4) is 0 Å². The van der Waals surface area contributed by atoms with Gasteiger partial charge < -0.3 is 9.64 Å². The summed E-state index contributed by atoms with van der Waals surface area (Å²) in [7, 11) is 0. The molecule has 0 amide bonds. The van der Waals surface area contributed by atoms with E-state index in [2.05, 4.69) is 25.7 Å². The monoisotopic (exact) mass is 386 g/mol. The Kier molecular flexibility index (Phi) is 4.73. The van der Waals surface area contributed by atoms with E-state index in [1.807, 2.05) is 0 Å². The number of fused-ring (bicyclic) bond motifs is 2. The van der Waals surface area contributed by atoms with Crippen molar-refractivity contribution in [3.63, 3.8) is 0 Å². The number of esters is 1. The molecular formula is C22H30N2O4. The Hall–Kier alpha value is -1.95. The fourth-order valence-electron chi connectivity index (χ4n) is 6.11. The van der Waals surface area contributed by atoms with E-state index in [4.69, 9.17) is 4.74 Å². The van der Waals surface area contributed by atoms with Crippen LogP contribution in [-0.2, 0) is 4.74 Å². The van der Waals surface area contributed by atoms with Crippen LogP contribution in [-0.4, -0.2) is 41.5 Å². The summed E-state index contributed by atoms with van der Waals surface area (Å²) >= 11 is 0. The van der Waals surface area contributed by atoms with Gasteiger partial charge in [-0.3, -0.25) is 10.1 Å². The van der Waals surface area contributed by atoms with Crippen molar-refractivity contribution in [2.45, 2.75) is 52.6 Å². The minimum Gasteiger partial charge on any atom is -0.458 e. The van der Waals surface area contributed by atoms with Crippen LogP contribution in [0.15, 0.2) is 24.3 Å².